The molecule has 0 fully saturated rings. The molecule has 0 saturated heterocycles. The molecule has 2 heterocycles. The van der Waals surface area contributed by atoms with Crippen LogP contribution < -0.4 is 15.6 Å². The first kappa shape index (κ1) is 21.0. The number of carbonyl (C=O) groups excluding carboxylic acids is 2. The minimum Gasteiger partial charge on any atom is -0.484 e. The molecule has 0 aliphatic heterocycles. The molecule has 0 aliphatic carbocycles. The molecule has 11 heteroatoms. The summed E-state index contributed by atoms with van der Waals surface area (Å²) in [6.07, 6.45) is 0. The average molecular weight is 458 g/mol. The van der Waals surface area contributed by atoms with Crippen LogP contribution in [0.4, 0.5) is 0 Å². The number of carbonyl (C=O) groups is 2. The van der Waals surface area contributed by atoms with Crippen LogP contribution in [0.3, 0.4) is 0 Å². The first-order valence-electron chi connectivity index (χ1n) is 8.22. The molecule has 0 aliphatic rings. The molecular weight excluding hydrogens is 443 g/mol. The standard InChI is InChI=1S/C18H15Cl3N4O4/c1-9-15(21)16(24-25(9)2)18(27)23-22-17(26)13-6-4-11(29-13)8-28-14-7-10(19)3-5-12(14)20/h3-7H,8H2,1-2H3,(H,22,26)(H,23,27). The molecule has 0 atom stereocenters. The lowest BCUT2D eigenvalue weighted by Crippen LogP contribution is -2.41. The molecule has 0 bridgehead atoms. The van der Waals surface area contributed by atoms with Crippen LogP contribution >= 0.6 is 34.8 Å². The van der Waals surface area contributed by atoms with Gasteiger partial charge in [-0.15, -0.1) is 0 Å². The largest absolute Gasteiger partial charge is 0.484 e. The Labute approximate surface area is 180 Å². The third kappa shape index (κ3) is 4.84. The Balaban J connectivity index is 1.57. The highest BCUT2D eigenvalue weighted by molar-refractivity contribution is 6.34. The van der Waals surface area contributed by atoms with E-state index in [9.17, 15) is 9.59 Å². The highest BCUT2D eigenvalue weighted by atomic mass is 35.5. The van der Waals surface area contributed by atoms with E-state index in [1.54, 1.807) is 38.2 Å². The molecule has 0 unspecified atom stereocenters. The van der Waals surface area contributed by atoms with Crippen molar-refractivity contribution in [3.8, 4) is 5.75 Å². The Morgan fingerprint density at radius 2 is 1.86 bits per heavy atom. The van der Waals surface area contributed by atoms with Crippen molar-refractivity contribution < 1.29 is 18.7 Å². The maximum Gasteiger partial charge on any atom is 0.305 e. The summed E-state index contributed by atoms with van der Waals surface area (Å²) in [5.41, 5.74) is 5.10. The van der Waals surface area contributed by atoms with Crippen molar-refractivity contribution in [2.75, 3.05) is 0 Å². The van der Waals surface area contributed by atoms with Crippen LogP contribution in [-0.4, -0.2) is 21.6 Å². The third-order valence-corrected chi connectivity index (χ3v) is 4.91. The first-order valence-corrected chi connectivity index (χ1v) is 9.36. The highest BCUT2D eigenvalue weighted by Gasteiger charge is 2.19. The van der Waals surface area contributed by atoms with Crippen molar-refractivity contribution in [1.82, 2.24) is 20.6 Å². The number of halogens is 3. The van der Waals surface area contributed by atoms with Crippen molar-refractivity contribution in [3.63, 3.8) is 0 Å². The van der Waals surface area contributed by atoms with E-state index in [-0.39, 0.29) is 23.1 Å². The SMILES string of the molecule is Cc1c(Cl)c(C(=O)NNC(=O)c2ccc(COc3cc(Cl)ccc3Cl)o2)nn1C. The van der Waals surface area contributed by atoms with Crippen molar-refractivity contribution in [2.45, 2.75) is 13.5 Å². The molecule has 2 aromatic heterocycles. The fourth-order valence-corrected chi connectivity index (χ4v) is 2.86. The summed E-state index contributed by atoms with van der Waals surface area (Å²) in [6, 6.07) is 7.82. The number of hydrogen-bond acceptors (Lipinski definition) is 5. The lowest BCUT2D eigenvalue weighted by atomic mass is 10.3. The molecule has 29 heavy (non-hydrogen) atoms. The zero-order valence-electron chi connectivity index (χ0n) is 15.3. The van der Waals surface area contributed by atoms with Gasteiger partial charge in [0.2, 0.25) is 0 Å². The zero-order chi connectivity index (χ0) is 21.1. The lowest BCUT2D eigenvalue weighted by Gasteiger charge is -2.07. The Morgan fingerprint density at radius 3 is 2.55 bits per heavy atom. The van der Waals surface area contributed by atoms with E-state index in [0.717, 1.165) is 0 Å². The molecular formula is C18H15Cl3N4O4. The fraction of sp³-hybridized carbons (Fsp3) is 0.167. The van der Waals surface area contributed by atoms with Crippen LogP contribution in [0.5, 0.6) is 5.75 Å². The van der Waals surface area contributed by atoms with Gasteiger partial charge in [-0.05, 0) is 31.2 Å². The van der Waals surface area contributed by atoms with Gasteiger partial charge in [-0.3, -0.25) is 25.1 Å². The lowest BCUT2D eigenvalue weighted by molar-refractivity contribution is 0.0826. The second-order valence-electron chi connectivity index (χ2n) is 5.91. The van der Waals surface area contributed by atoms with Crippen LogP contribution in [-0.2, 0) is 13.7 Å². The first-order chi connectivity index (χ1) is 13.8. The Bertz CT molecular complexity index is 1080. The Kier molecular flexibility index (Phi) is 6.36. The van der Waals surface area contributed by atoms with Crippen LogP contribution in [0.15, 0.2) is 34.7 Å². The van der Waals surface area contributed by atoms with E-state index in [2.05, 4.69) is 16.0 Å². The molecule has 1 aromatic carbocycles. The number of nitrogens with zero attached hydrogens (tertiary/aromatic N) is 2. The highest BCUT2D eigenvalue weighted by Crippen LogP contribution is 2.28. The van der Waals surface area contributed by atoms with Gasteiger partial charge >= 0.3 is 5.91 Å². The quantitative estimate of drug-likeness (QED) is 0.566. The van der Waals surface area contributed by atoms with Gasteiger partial charge in [0.15, 0.2) is 11.5 Å². The number of ether oxygens (including phenoxy) is 1. The van der Waals surface area contributed by atoms with Gasteiger partial charge in [0, 0.05) is 18.1 Å². The molecule has 2 amide bonds. The number of amides is 2. The molecule has 0 saturated carbocycles. The molecule has 2 N–H and O–H groups in total. The van der Waals surface area contributed by atoms with Gasteiger partial charge < -0.3 is 9.15 Å². The van der Waals surface area contributed by atoms with Crippen LogP contribution in [0.25, 0.3) is 0 Å². The smallest absolute Gasteiger partial charge is 0.305 e. The average Bonchev–Trinajstić information content (AvgIpc) is 3.27. The van der Waals surface area contributed by atoms with Gasteiger partial charge in [-0.2, -0.15) is 5.10 Å². The minimum atomic E-state index is -0.658. The Morgan fingerprint density at radius 1 is 1.14 bits per heavy atom. The summed E-state index contributed by atoms with van der Waals surface area (Å²) in [6.45, 7) is 1.75. The van der Waals surface area contributed by atoms with Crippen LogP contribution in [0, 0.1) is 6.92 Å². The second kappa shape index (κ2) is 8.77. The van der Waals surface area contributed by atoms with E-state index >= 15 is 0 Å². The van der Waals surface area contributed by atoms with Crippen LogP contribution in [0.1, 0.15) is 32.5 Å². The fourth-order valence-electron chi connectivity index (χ4n) is 2.28. The number of furan rings is 1. The second-order valence-corrected chi connectivity index (χ2v) is 7.13. The number of rotatable bonds is 5. The number of aromatic nitrogens is 2. The van der Waals surface area contributed by atoms with Gasteiger partial charge in [-0.25, -0.2) is 0 Å². The topological polar surface area (TPSA) is 98.4 Å². The maximum atomic E-state index is 12.2. The monoisotopic (exact) mass is 456 g/mol. The molecule has 0 spiro atoms. The summed E-state index contributed by atoms with van der Waals surface area (Å²) in [7, 11) is 1.65. The van der Waals surface area contributed by atoms with Crippen LogP contribution in [0.2, 0.25) is 15.1 Å². The van der Waals surface area contributed by atoms with E-state index in [1.165, 1.54) is 10.7 Å². The number of aryl methyl sites for hydroxylation is 1. The number of benzene rings is 1. The van der Waals surface area contributed by atoms with Crippen molar-refractivity contribution in [1.29, 1.82) is 0 Å². The van der Waals surface area contributed by atoms with E-state index < -0.39 is 11.8 Å². The molecule has 152 valence electrons. The maximum absolute atomic E-state index is 12.2. The number of hydrazine groups is 1. The summed E-state index contributed by atoms with van der Waals surface area (Å²) in [5, 5.41) is 5.07. The predicted molar refractivity (Wildman–Crippen MR) is 107 cm³/mol. The molecule has 3 rings (SSSR count). The summed E-state index contributed by atoms with van der Waals surface area (Å²) in [5.74, 6) is -0.575. The number of hydrogen-bond donors (Lipinski definition) is 2. The minimum absolute atomic E-state index is 0.00102. The number of nitrogens with one attached hydrogen (secondary N) is 2. The van der Waals surface area contributed by atoms with Crippen molar-refractivity contribution >= 4 is 46.6 Å². The summed E-state index contributed by atoms with van der Waals surface area (Å²) >= 11 is 18.0. The van der Waals surface area contributed by atoms with Crippen molar-refractivity contribution in [3.05, 3.63) is 68.3 Å². The summed E-state index contributed by atoms with van der Waals surface area (Å²) in [4.78, 5) is 24.3. The normalized spacial score (nSPS) is 10.7. The predicted octanol–water partition coefficient (Wildman–Crippen LogP) is 3.94. The van der Waals surface area contributed by atoms with Gasteiger partial charge in [0.25, 0.3) is 5.91 Å². The molecule has 8 nitrogen and oxygen atoms in total. The Hall–Kier alpha value is -2.68. The van der Waals surface area contributed by atoms with Gasteiger partial charge in [0.05, 0.1) is 15.7 Å². The summed E-state index contributed by atoms with van der Waals surface area (Å²) < 4.78 is 12.4. The van der Waals surface area contributed by atoms with E-state index in [4.69, 9.17) is 44.0 Å². The van der Waals surface area contributed by atoms with E-state index in [0.29, 0.717) is 27.2 Å². The van der Waals surface area contributed by atoms with Gasteiger partial charge in [-0.1, -0.05) is 34.8 Å². The zero-order valence-corrected chi connectivity index (χ0v) is 17.5. The third-order valence-electron chi connectivity index (χ3n) is 3.91. The molecule has 3 aromatic rings. The van der Waals surface area contributed by atoms with E-state index in [1.807, 2.05) is 0 Å². The van der Waals surface area contributed by atoms with Crippen molar-refractivity contribution in [2.24, 2.45) is 7.05 Å². The molecule has 0 radical (unpaired) electrons. The van der Waals surface area contributed by atoms with Gasteiger partial charge in [0.1, 0.15) is 18.1 Å².